The molecule has 0 saturated carbocycles. The van der Waals surface area contributed by atoms with Crippen LogP contribution in [0.1, 0.15) is 116 Å². The van der Waals surface area contributed by atoms with Crippen molar-refractivity contribution in [3.8, 4) is 0 Å². The van der Waals surface area contributed by atoms with Gasteiger partial charge >= 0.3 is 0 Å². The van der Waals surface area contributed by atoms with Gasteiger partial charge in [-0.1, -0.05) is 57.9 Å². The maximum Gasteiger partial charge on any atom is 0.0598 e. The van der Waals surface area contributed by atoms with E-state index in [4.69, 9.17) is 4.74 Å². The molecular formula is C29H49NO. The predicted octanol–water partition coefficient (Wildman–Crippen LogP) is 7.71. The fraction of sp³-hybridized carbons (Fsp3) is 0.793. The summed E-state index contributed by atoms with van der Waals surface area (Å²) in [5.74, 6) is 0.768. The van der Waals surface area contributed by atoms with Crippen LogP contribution in [0.4, 0.5) is 0 Å². The molecule has 2 nitrogen and oxygen atoms in total. The van der Waals surface area contributed by atoms with Crippen LogP contribution in [0.2, 0.25) is 0 Å². The van der Waals surface area contributed by atoms with Gasteiger partial charge in [0, 0.05) is 6.61 Å². The second-order valence-corrected chi connectivity index (χ2v) is 12.6. The van der Waals surface area contributed by atoms with Crippen LogP contribution < -0.4 is 0 Å². The van der Waals surface area contributed by atoms with Crippen molar-refractivity contribution in [3.63, 3.8) is 0 Å². The van der Waals surface area contributed by atoms with Crippen molar-refractivity contribution in [2.75, 3.05) is 26.2 Å². The lowest BCUT2D eigenvalue weighted by Gasteiger charge is -2.47. The fourth-order valence-corrected chi connectivity index (χ4v) is 5.64. The van der Waals surface area contributed by atoms with Crippen molar-refractivity contribution < 1.29 is 4.74 Å². The molecule has 0 amide bonds. The van der Waals surface area contributed by atoms with Gasteiger partial charge in [0.1, 0.15) is 0 Å². The van der Waals surface area contributed by atoms with Gasteiger partial charge in [0.25, 0.3) is 0 Å². The van der Waals surface area contributed by atoms with Crippen molar-refractivity contribution in [2.45, 2.75) is 116 Å². The molecule has 0 bridgehead atoms. The Hall–Kier alpha value is -0.860. The minimum atomic E-state index is -0.00104. The maximum absolute atomic E-state index is 5.89. The maximum atomic E-state index is 5.89. The van der Waals surface area contributed by atoms with Crippen molar-refractivity contribution in [2.24, 2.45) is 5.41 Å². The van der Waals surface area contributed by atoms with Gasteiger partial charge in [-0.15, -0.1) is 0 Å². The van der Waals surface area contributed by atoms with Crippen molar-refractivity contribution in [3.05, 3.63) is 35.4 Å². The quantitative estimate of drug-likeness (QED) is 0.394. The molecule has 1 aliphatic heterocycles. The van der Waals surface area contributed by atoms with Crippen LogP contribution >= 0.6 is 0 Å². The van der Waals surface area contributed by atoms with Gasteiger partial charge in [0.2, 0.25) is 0 Å². The summed E-state index contributed by atoms with van der Waals surface area (Å²) in [4.78, 5) is 2.73. The number of ether oxygens (including phenoxy) is 1. The summed E-state index contributed by atoms with van der Waals surface area (Å²) in [6.45, 7) is 18.3. The first-order chi connectivity index (χ1) is 14.6. The van der Waals surface area contributed by atoms with Crippen LogP contribution in [0, 0.1) is 5.41 Å². The monoisotopic (exact) mass is 427 g/mol. The number of hydrogen-bond acceptors (Lipinski definition) is 2. The summed E-state index contributed by atoms with van der Waals surface area (Å²) in [5.41, 5.74) is 4.28. The van der Waals surface area contributed by atoms with Crippen LogP contribution in [0.3, 0.4) is 0 Å². The molecule has 1 atom stereocenters. The van der Waals surface area contributed by atoms with Crippen LogP contribution in [-0.2, 0) is 10.2 Å². The smallest absolute Gasteiger partial charge is 0.0598 e. The van der Waals surface area contributed by atoms with Gasteiger partial charge in [0.05, 0.1) is 5.60 Å². The number of rotatable bonds is 8. The zero-order chi connectivity index (χ0) is 22.5. The lowest BCUT2D eigenvalue weighted by Crippen LogP contribution is -2.45. The number of fused-ring (bicyclic) bond motifs is 2. The zero-order valence-electron chi connectivity index (χ0n) is 21.4. The van der Waals surface area contributed by atoms with Crippen LogP contribution in [-0.4, -0.2) is 36.7 Å². The van der Waals surface area contributed by atoms with Gasteiger partial charge in [-0.2, -0.15) is 0 Å². The minimum absolute atomic E-state index is 0.00104. The van der Waals surface area contributed by atoms with Gasteiger partial charge < -0.3 is 9.64 Å². The van der Waals surface area contributed by atoms with E-state index in [1.807, 2.05) is 0 Å². The standard InChI is InChI=1S/C29H49NO/c1-27(2,3)17-20-30-21-18-29(19-22-30)16-15-24(25-13-9-10-14-26(25)29)12-8-7-11-23-31-28(4,5)6/h9-10,13-14,24H,7-8,11-12,15-23H2,1-6H3/t24-/m0/s1. The zero-order valence-corrected chi connectivity index (χ0v) is 21.4. The molecule has 0 aromatic heterocycles. The molecule has 2 heteroatoms. The Labute approximate surface area is 193 Å². The van der Waals surface area contributed by atoms with E-state index in [2.05, 4.69) is 70.7 Å². The molecule has 31 heavy (non-hydrogen) atoms. The van der Waals surface area contributed by atoms with E-state index in [0.29, 0.717) is 10.8 Å². The number of unbranched alkanes of at least 4 members (excludes halogenated alkanes) is 2. The third-order valence-electron chi connectivity index (χ3n) is 7.67. The molecule has 1 aromatic carbocycles. The van der Waals surface area contributed by atoms with Gasteiger partial charge in [-0.3, -0.25) is 0 Å². The van der Waals surface area contributed by atoms with E-state index < -0.39 is 0 Å². The summed E-state index contributed by atoms with van der Waals surface area (Å²) in [7, 11) is 0. The molecule has 0 radical (unpaired) electrons. The molecule has 0 unspecified atom stereocenters. The molecule has 1 aliphatic carbocycles. The molecule has 1 saturated heterocycles. The Balaban J connectivity index is 1.52. The molecule has 2 aliphatic rings. The van der Waals surface area contributed by atoms with Gasteiger partial charge in [0.15, 0.2) is 0 Å². The van der Waals surface area contributed by atoms with Crippen molar-refractivity contribution in [1.82, 2.24) is 4.90 Å². The second kappa shape index (κ2) is 10.4. The fourth-order valence-electron chi connectivity index (χ4n) is 5.64. The van der Waals surface area contributed by atoms with Crippen LogP contribution in [0.15, 0.2) is 24.3 Å². The average molecular weight is 428 g/mol. The second-order valence-electron chi connectivity index (χ2n) is 12.6. The first kappa shape index (κ1) is 24.8. The first-order valence-corrected chi connectivity index (χ1v) is 13.0. The lowest BCUT2D eigenvalue weighted by atomic mass is 9.61. The summed E-state index contributed by atoms with van der Waals surface area (Å²) in [5, 5.41) is 0. The van der Waals surface area contributed by atoms with E-state index in [0.717, 1.165) is 12.5 Å². The molecule has 1 heterocycles. The van der Waals surface area contributed by atoms with E-state index >= 15 is 0 Å². The Kier molecular flexibility index (Phi) is 8.30. The Morgan fingerprint density at radius 1 is 0.935 bits per heavy atom. The third-order valence-corrected chi connectivity index (χ3v) is 7.67. The topological polar surface area (TPSA) is 12.5 Å². The number of benzene rings is 1. The summed E-state index contributed by atoms with van der Waals surface area (Å²) in [6, 6.07) is 9.50. The minimum Gasteiger partial charge on any atom is -0.376 e. The lowest BCUT2D eigenvalue weighted by molar-refractivity contribution is -0.00479. The average Bonchev–Trinajstić information content (AvgIpc) is 2.70. The molecule has 1 spiro atoms. The SMILES string of the molecule is CC(C)(C)CCN1CCC2(CC[C@H](CCCCCOC(C)(C)C)c3ccccc32)CC1. The van der Waals surface area contributed by atoms with Crippen molar-refractivity contribution >= 4 is 0 Å². The Bertz CT molecular complexity index is 673. The Morgan fingerprint density at radius 3 is 2.32 bits per heavy atom. The van der Waals surface area contributed by atoms with E-state index in [1.54, 1.807) is 11.1 Å². The third kappa shape index (κ3) is 7.32. The molecule has 1 fully saturated rings. The molecule has 3 rings (SSSR count). The molecule has 176 valence electrons. The van der Waals surface area contributed by atoms with Crippen LogP contribution in [0.25, 0.3) is 0 Å². The first-order valence-electron chi connectivity index (χ1n) is 13.0. The van der Waals surface area contributed by atoms with Gasteiger partial charge in [-0.05, 0) is 113 Å². The predicted molar refractivity (Wildman–Crippen MR) is 134 cm³/mol. The summed E-state index contributed by atoms with van der Waals surface area (Å²) in [6.07, 6.45) is 12.0. The van der Waals surface area contributed by atoms with E-state index in [9.17, 15) is 0 Å². The molecule has 0 N–H and O–H groups in total. The Morgan fingerprint density at radius 2 is 1.65 bits per heavy atom. The van der Waals surface area contributed by atoms with E-state index in [-0.39, 0.29) is 5.60 Å². The van der Waals surface area contributed by atoms with E-state index in [1.165, 1.54) is 77.4 Å². The highest BCUT2D eigenvalue weighted by Crippen LogP contribution is 2.49. The number of piperidine rings is 1. The summed E-state index contributed by atoms with van der Waals surface area (Å²) < 4.78 is 5.89. The van der Waals surface area contributed by atoms with Gasteiger partial charge in [-0.25, -0.2) is 0 Å². The summed E-state index contributed by atoms with van der Waals surface area (Å²) >= 11 is 0. The number of hydrogen-bond donors (Lipinski definition) is 0. The highest BCUT2D eigenvalue weighted by atomic mass is 16.5. The van der Waals surface area contributed by atoms with Crippen molar-refractivity contribution in [1.29, 1.82) is 0 Å². The normalized spacial score (nSPS) is 21.9. The largest absolute Gasteiger partial charge is 0.376 e. The number of nitrogens with zero attached hydrogens (tertiary/aromatic N) is 1. The molecular weight excluding hydrogens is 378 g/mol. The van der Waals surface area contributed by atoms with Crippen LogP contribution in [0.5, 0.6) is 0 Å². The molecule has 1 aromatic rings. The highest BCUT2D eigenvalue weighted by molar-refractivity contribution is 5.40. The highest BCUT2D eigenvalue weighted by Gasteiger charge is 2.41. The number of likely N-dealkylation sites (tertiary alicyclic amines) is 1.